The zero-order valence-electron chi connectivity index (χ0n) is 26.2. The lowest BCUT2D eigenvalue weighted by Gasteiger charge is -2.21. The standard InChI is InChI=1S/C34H31Cl2N9O4/c1-49-34(48)38-26-11-7-22(8-12-26)31-32(36)41-33(40-31)27(18-30(47)44-16-15-24(19-44)21-5-3-2-4-6-21)39-29(46)14-9-23-17-25(35)10-13-28(23)45-20-37-42-43-45/h2-14,17,20,24,27H,15-16,18-19H2,1H3,(H,38,48)(H,39,46)(H,40,41)/b14-9+/t24?,27-/m0/s1. The van der Waals surface area contributed by atoms with Crippen LogP contribution in [0, 0.1) is 0 Å². The fourth-order valence-corrected chi connectivity index (χ4v) is 6.06. The van der Waals surface area contributed by atoms with Gasteiger partial charge in [-0.2, -0.15) is 4.68 Å². The Morgan fingerprint density at radius 2 is 1.88 bits per heavy atom. The van der Waals surface area contributed by atoms with Gasteiger partial charge in [0.15, 0.2) is 0 Å². The van der Waals surface area contributed by atoms with Crippen LogP contribution in [0.25, 0.3) is 23.0 Å². The lowest BCUT2D eigenvalue weighted by Crippen LogP contribution is -2.35. The summed E-state index contributed by atoms with van der Waals surface area (Å²) in [5.74, 6) is -0.0653. The SMILES string of the molecule is COC(=O)Nc1ccc(-c2nc([C@H](CC(=O)N3CCC(c4ccccc4)C3)NC(=O)/C=C/c3cc(Cl)ccc3-n3cnnn3)[nH]c2Cl)cc1. The van der Waals surface area contributed by atoms with Crippen molar-refractivity contribution in [3.8, 4) is 16.9 Å². The van der Waals surface area contributed by atoms with Crippen LogP contribution in [0.5, 0.6) is 0 Å². The molecule has 0 spiro atoms. The first kappa shape index (κ1) is 33.4. The van der Waals surface area contributed by atoms with Crippen LogP contribution < -0.4 is 10.6 Å². The number of methoxy groups -OCH3 is 1. The topological polar surface area (TPSA) is 160 Å². The molecule has 1 aliphatic heterocycles. The summed E-state index contributed by atoms with van der Waals surface area (Å²) in [5, 5.41) is 17.5. The van der Waals surface area contributed by atoms with Crippen LogP contribution in [-0.4, -0.2) is 73.2 Å². The van der Waals surface area contributed by atoms with E-state index in [2.05, 4.69) is 48.0 Å². The summed E-state index contributed by atoms with van der Waals surface area (Å²) in [4.78, 5) is 48.3. The number of ether oxygens (including phenoxy) is 1. The predicted molar refractivity (Wildman–Crippen MR) is 184 cm³/mol. The number of carbonyl (C=O) groups excluding carboxylic acids is 3. The average Bonchev–Trinajstić information content (AvgIpc) is 3.90. The second-order valence-corrected chi connectivity index (χ2v) is 12.1. The Hall–Kier alpha value is -5.53. The Labute approximate surface area is 291 Å². The van der Waals surface area contributed by atoms with Crippen LogP contribution in [0.15, 0.2) is 85.2 Å². The van der Waals surface area contributed by atoms with Crippen molar-refractivity contribution in [1.29, 1.82) is 0 Å². The number of nitrogens with one attached hydrogen (secondary N) is 3. The first-order chi connectivity index (χ1) is 23.8. The molecule has 3 N–H and O–H groups in total. The lowest BCUT2D eigenvalue weighted by atomic mass is 9.99. The second kappa shape index (κ2) is 15.1. The van der Waals surface area contributed by atoms with Gasteiger partial charge in [0.25, 0.3) is 0 Å². The van der Waals surface area contributed by atoms with Gasteiger partial charge in [-0.3, -0.25) is 14.9 Å². The van der Waals surface area contributed by atoms with E-state index < -0.39 is 18.0 Å². The highest BCUT2D eigenvalue weighted by Gasteiger charge is 2.31. The van der Waals surface area contributed by atoms with E-state index in [-0.39, 0.29) is 23.4 Å². The molecule has 0 radical (unpaired) electrons. The number of halogens is 2. The summed E-state index contributed by atoms with van der Waals surface area (Å²) in [7, 11) is 1.28. The van der Waals surface area contributed by atoms with E-state index in [1.165, 1.54) is 29.8 Å². The molecule has 3 amide bonds. The fraction of sp³-hybridized carbons (Fsp3) is 0.206. The van der Waals surface area contributed by atoms with Gasteiger partial charge >= 0.3 is 6.09 Å². The van der Waals surface area contributed by atoms with Crippen molar-refractivity contribution < 1.29 is 19.1 Å². The van der Waals surface area contributed by atoms with E-state index in [1.54, 1.807) is 48.5 Å². The molecule has 3 heterocycles. The van der Waals surface area contributed by atoms with Gasteiger partial charge in [0, 0.05) is 46.9 Å². The molecule has 0 bridgehead atoms. The molecular formula is C34H31Cl2N9O4. The number of imidazole rings is 1. The Balaban J connectivity index is 1.24. The molecular weight excluding hydrogens is 669 g/mol. The quantitative estimate of drug-likeness (QED) is 0.154. The third kappa shape index (κ3) is 8.13. The van der Waals surface area contributed by atoms with Gasteiger partial charge in [-0.1, -0.05) is 65.7 Å². The number of likely N-dealkylation sites (tertiary alicyclic amines) is 1. The number of anilines is 1. The molecule has 2 atom stereocenters. The third-order valence-corrected chi connectivity index (χ3v) is 8.61. The fourth-order valence-electron chi connectivity index (χ4n) is 5.63. The number of nitrogens with zero attached hydrogens (tertiary/aromatic N) is 6. The summed E-state index contributed by atoms with van der Waals surface area (Å²) < 4.78 is 6.10. The highest BCUT2D eigenvalue weighted by atomic mass is 35.5. The van der Waals surface area contributed by atoms with Gasteiger partial charge in [-0.25, -0.2) is 9.78 Å². The molecule has 2 aromatic heterocycles. The zero-order valence-corrected chi connectivity index (χ0v) is 27.7. The third-order valence-electron chi connectivity index (χ3n) is 8.11. The van der Waals surface area contributed by atoms with Gasteiger partial charge in [-0.15, -0.1) is 5.10 Å². The molecule has 0 aliphatic carbocycles. The van der Waals surface area contributed by atoms with E-state index in [0.717, 1.165) is 6.42 Å². The molecule has 250 valence electrons. The Kier molecular flexibility index (Phi) is 10.3. The van der Waals surface area contributed by atoms with Gasteiger partial charge in [0.1, 0.15) is 23.0 Å². The Morgan fingerprint density at radius 1 is 1.08 bits per heavy atom. The van der Waals surface area contributed by atoms with E-state index in [9.17, 15) is 14.4 Å². The Bertz CT molecular complexity index is 1970. The van der Waals surface area contributed by atoms with Crippen LogP contribution in [0.3, 0.4) is 0 Å². The number of carbonyl (C=O) groups is 3. The molecule has 1 aliphatic rings. The van der Waals surface area contributed by atoms with Crippen LogP contribution >= 0.6 is 23.2 Å². The number of H-pyrrole nitrogens is 1. The average molecular weight is 701 g/mol. The molecule has 1 saturated heterocycles. The Morgan fingerprint density at radius 3 is 2.61 bits per heavy atom. The van der Waals surface area contributed by atoms with Gasteiger partial charge < -0.3 is 19.9 Å². The number of hydrogen-bond donors (Lipinski definition) is 3. The molecule has 15 heteroatoms. The minimum atomic E-state index is -0.842. The van der Waals surface area contributed by atoms with E-state index in [0.29, 0.717) is 52.1 Å². The predicted octanol–water partition coefficient (Wildman–Crippen LogP) is 5.81. The van der Waals surface area contributed by atoms with Crippen molar-refractivity contribution in [1.82, 2.24) is 40.4 Å². The van der Waals surface area contributed by atoms with Gasteiger partial charge in [0.05, 0.1) is 25.3 Å². The van der Waals surface area contributed by atoms with E-state index in [4.69, 9.17) is 28.2 Å². The number of hydrogen-bond acceptors (Lipinski definition) is 8. The monoisotopic (exact) mass is 699 g/mol. The van der Waals surface area contributed by atoms with Gasteiger partial charge in [-0.05, 0) is 58.8 Å². The number of rotatable bonds is 10. The van der Waals surface area contributed by atoms with Crippen molar-refractivity contribution in [3.63, 3.8) is 0 Å². The molecule has 13 nitrogen and oxygen atoms in total. The highest BCUT2D eigenvalue weighted by molar-refractivity contribution is 6.32. The molecule has 1 unspecified atom stereocenters. The smallest absolute Gasteiger partial charge is 0.411 e. The summed E-state index contributed by atoms with van der Waals surface area (Å²) in [6.07, 6.45) is 4.56. The lowest BCUT2D eigenvalue weighted by molar-refractivity contribution is -0.131. The number of amides is 3. The van der Waals surface area contributed by atoms with Crippen LogP contribution in [0.2, 0.25) is 10.2 Å². The van der Waals surface area contributed by atoms with Crippen molar-refractivity contribution in [2.24, 2.45) is 0 Å². The maximum absolute atomic E-state index is 13.7. The number of aromatic nitrogens is 6. The number of benzene rings is 3. The minimum absolute atomic E-state index is 0.0562. The first-order valence-electron chi connectivity index (χ1n) is 15.3. The highest BCUT2D eigenvalue weighted by Crippen LogP contribution is 2.31. The maximum atomic E-state index is 13.7. The summed E-state index contributed by atoms with van der Waals surface area (Å²) in [6.45, 7) is 1.18. The van der Waals surface area contributed by atoms with Gasteiger partial charge in [0.2, 0.25) is 11.8 Å². The number of tetrazole rings is 1. The van der Waals surface area contributed by atoms with E-state index in [1.807, 2.05) is 23.1 Å². The normalized spacial score (nSPS) is 14.9. The molecule has 49 heavy (non-hydrogen) atoms. The molecule has 6 rings (SSSR count). The maximum Gasteiger partial charge on any atom is 0.411 e. The number of aromatic amines is 1. The summed E-state index contributed by atoms with van der Waals surface area (Å²) >= 11 is 12.9. The van der Waals surface area contributed by atoms with Crippen LogP contribution in [-0.2, 0) is 14.3 Å². The van der Waals surface area contributed by atoms with Crippen molar-refractivity contribution in [2.45, 2.75) is 24.8 Å². The first-order valence-corrected chi connectivity index (χ1v) is 16.1. The molecule has 0 saturated carbocycles. The van der Waals surface area contributed by atoms with Crippen molar-refractivity contribution in [3.05, 3.63) is 112 Å². The zero-order chi connectivity index (χ0) is 34.3. The molecule has 1 fully saturated rings. The largest absolute Gasteiger partial charge is 0.453 e. The van der Waals surface area contributed by atoms with Crippen molar-refractivity contribution in [2.75, 3.05) is 25.5 Å². The second-order valence-electron chi connectivity index (χ2n) is 11.3. The van der Waals surface area contributed by atoms with Crippen LogP contribution in [0.1, 0.15) is 41.8 Å². The minimum Gasteiger partial charge on any atom is -0.453 e. The van der Waals surface area contributed by atoms with Crippen LogP contribution in [0.4, 0.5) is 10.5 Å². The summed E-state index contributed by atoms with van der Waals surface area (Å²) in [6, 6.07) is 21.2. The van der Waals surface area contributed by atoms with Crippen molar-refractivity contribution >= 4 is 52.9 Å². The molecule has 3 aromatic carbocycles. The van der Waals surface area contributed by atoms with E-state index >= 15 is 0 Å². The summed E-state index contributed by atoms with van der Waals surface area (Å²) in [5.41, 5.74) is 3.99. The molecule has 5 aromatic rings.